The van der Waals surface area contributed by atoms with Crippen molar-refractivity contribution in [3.63, 3.8) is 0 Å². The summed E-state index contributed by atoms with van der Waals surface area (Å²) in [5.41, 5.74) is 1.96. The molecule has 0 aromatic heterocycles. The summed E-state index contributed by atoms with van der Waals surface area (Å²) in [6.45, 7) is 23.3. The molecule has 6 fully saturated rings. The molecule has 3 saturated carbocycles. The Morgan fingerprint density at radius 2 is 0.889 bits per heavy atom. The molecule has 0 unspecified atom stereocenters. The van der Waals surface area contributed by atoms with Gasteiger partial charge in [-0.05, 0) is 109 Å². The van der Waals surface area contributed by atoms with Crippen LogP contribution in [0.25, 0.3) is 0 Å². The highest BCUT2D eigenvalue weighted by Gasteiger charge is 2.47. The number of ketones is 2. The van der Waals surface area contributed by atoms with E-state index in [2.05, 4.69) is 42.2 Å². The van der Waals surface area contributed by atoms with E-state index >= 15 is 0 Å². The summed E-state index contributed by atoms with van der Waals surface area (Å²) in [5.74, 6) is 1.54. The van der Waals surface area contributed by atoms with E-state index in [0.29, 0.717) is 17.4 Å². The van der Waals surface area contributed by atoms with Gasteiger partial charge in [0, 0.05) is 18.4 Å². The number of esters is 1. The van der Waals surface area contributed by atoms with Crippen LogP contribution in [0.1, 0.15) is 130 Å². The number of allylic oxidation sites excluding steroid dienone is 2. The summed E-state index contributed by atoms with van der Waals surface area (Å²) < 4.78 is 69.8. The molecule has 3 aliphatic heterocycles. The first-order valence-corrected chi connectivity index (χ1v) is 25.3. The van der Waals surface area contributed by atoms with E-state index in [9.17, 15) is 40.3 Å². The number of carbonyl (C=O) groups excluding carboxylic acids is 3. The molecular formula is C45H80ClN3O12S2. The first kappa shape index (κ1) is 59.0. The topological polar surface area (TPSA) is 198 Å². The van der Waals surface area contributed by atoms with Crippen LogP contribution in [-0.4, -0.2) is 144 Å². The predicted molar refractivity (Wildman–Crippen MR) is 237 cm³/mol. The Labute approximate surface area is 386 Å². The lowest BCUT2D eigenvalue weighted by Crippen LogP contribution is -3.24. The number of nitrogens with zero attached hydrogens (tertiary/aromatic N) is 2. The maximum Gasteiger partial charge on any atom is 0.333 e. The van der Waals surface area contributed by atoms with Gasteiger partial charge in [-0.1, -0.05) is 39.0 Å². The van der Waals surface area contributed by atoms with Crippen LogP contribution in [0.15, 0.2) is 36.5 Å². The summed E-state index contributed by atoms with van der Waals surface area (Å²) in [6.07, 6.45) is 22.6. The monoisotopic (exact) mass is 953 g/mol. The van der Waals surface area contributed by atoms with Gasteiger partial charge in [0.2, 0.25) is 20.8 Å². The zero-order valence-electron chi connectivity index (χ0n) is 39.3. The fourth-order valence-electron chi connectivity index (χ4n) is 10.1. The molecule has 0 radical (unpaired) electrons. The minimum absolute atomic E-state index is 0. The first-order chi connectivity index (χ1) is 28.8. The average Bonchev–Trinajstić information content (AvgIpc) is 3.19. The van der Waals surface area contributed by atoms with E-state index in [1.165, 1.54) is 131 Å². The lowest BCUT2D eigenvalue weighted by molar-refractivity contribution is -0.979. The second-order valence-corrected chi connectivity index (χ2v) is 21.5. The number of hydrogen-bond acceptors (Lipinski definition) is 12. The number of ether oxygens (including phenoxy) is 1. The van der Waals surface area contributed by atoms with Crippen LogP contribution in [0.2, 0.25) is 0 Å². The van der Waals surface area contributed by atoms with Gasteiger partial charge in [-0.25, -0.2) is 21.6 Å². The lowest BCUT2D eigenvalue weighted by Gasteiger charge is -2.53. The standard InChI is InChI=1S/2C15H26NO.C13H21NO2.2CH4O4S.ClH/c2*1-12(2)15(17)9-13-10-16(3,11-13)14-7-5-4-6-8-14;1-10(2)13(15)16-12-8-14(9-12)11-6-4-3-5-7-11;2*1-5-6(2,3)4;/h2*13-14H,1,4-11H2,2-3H3;11-12H,1,3-9H2,2H3;2*1H3,(H,2,3,4);1H/q2*+1;;;;/p-2. The molecule has 0 spiro atoms. The van der Waals surface area contributed by atoms with Crippen LogP contribution in [0.4, 0.5) is 0 Å². The number of likely N-dealkylation sites (tertiary alicyclic amines) is 3. The molecule has 1 N–H and O–H groups in total. The fraction of sp³-hybridized carbons (Fsp3) is 0.800. The Morgan fingerprint density at radius 1 is 0.587 bits per heavy atom. The number of rotatable bonds is 13. The summed E-state index contributed by atoms with van der Waals surface area (Å²) in [6, 6.07) is 2.58. The quantitative estimate of drug-likeness (QED) is 0.0925. The molecular weight excluding hydrogens is 874 g/mol. The van der Waals surface area contributed by atoms with Crippen molar-refractivity contribution in [2.24, 2.45) is 11.8 Å². The van der Waals surface area contributed by atoms with Gasteiger partial charge in [-0.2, -0.15) is 0 Å². The lowest BCUT2D eigenvalue weighted by atomic mass is 9.83. The molecule has 366 valence electrons. The molecule has 0 bridgehead atoms. The van der Waals surface area contributed by atoms with E-state index in [1.807, 2.05) is 13.8 Å². The Bertz CT molecular complexity index is 1610. The number of carbonyl (C=O) groups is 3. The summed E-state index contributed by atoms with van der Waals surface area (Å²) in [4.78, 5) is 36.2. The van der Waals surface area contributed by atoms with E-state index < -0.39 is 20.8 Å². The van der Waals surface area contributed by atoms with Crippen LogP contribution in [-0.2, 0) is 48.3 Å². The maximum absolute atomic E-state index is 11.6. The molecule has 0 amide bonds. The largest absolute Gasteiger partial charge is 1.00 e. The Morgan fingerprint density at radius 3 is 1.16 bits per heavy atom. The van der Waals surface area contributed by atoms with Crippen LogP contribution in [0, 0.1) is 11.8 Å². The van der Waals surface area contributed by atoms with Crippen LogP contribution >= 0.6 is 0 Å². The zero-order valence-corrected chi connectivity index (χ0v) is 41.7. The molecule has 3 saturated heterocycles. The van der Waals surface area contributed by atoms with Crippen molar-refractivity contribution in [2.75, 3.05) is 67.6 Å². The number of Topliss-reactive ketones (excluding diaryl/α,β-unsaturated/α-hetero) is 2. The van der Waals surface area contributed by atoms with Gasteiger partial charge in [0.25, 0.3) is 0 Å². The van der Waals surface area contributed by atoms with Crippen molar-refractivity contribution in [1.29, 1.82) is 0 Å². The number of quaternary nitrogens is 3. The number of halogens is 1. The minimum atomic E-state index is -4.41. The van der Waals surface area contributed by atoms with Gasteiger partial charge in [-0.15, -0.1) is 0 Å². The highest BCUT2D eigenvalue weighted by molar-refractivity contribution is 7.81. The fourth-order valence-corrected chi connectivity index (χ4v) is 10.1. The maximum atomic E-state index is 11.6. The third-order valence-corrected chi connectivity index (χ3v) is 14.5. The molecule has 0 aromatic carbocycles. The first-order valence-electron chi connectivity index (χ1n) is 22.6. The van der Waals surface area contributed by atoms with Crippen molar-refractivity contribution >= 4 is 38.3 Å². The number of nitrogens with one attached hydrogen (secondary N) is 1. The van der Waals surface area contributed by atoms with Gasteiger partial charge >= 0.3 is 5.97 Å². The van der Waals surface area contributed by atoms with Gasteiger partial charge < -0.3 is 40.1 Å². The van der Waals surface area contributed by atoms with Gasteiger partial charge in [0.1, 0.15) is 13.1 Å². The van der Waals surface area contributed by atoms with Crippen molar-refractivity contribution < 1.29 is 79.7 Å². The molecule has 6 aliphatic rings. The van der Waals surface area contributed by atoms with Crippen molar-refractivity contribution in [2.45, 2.75) is 154 Å². The van der Waals surface area contributed by atoms with E-state index in [-0.39, 0.29) is 36.0 Å². The Kier molecular flexibility index (Phi) is 25.8. The predicted octanol–water partition coefficient (Wildman–Crippen LogP) is 1.76. The highest BCUT2D eigenvalue weighted by atomic mass is 35.5. The van der Waals surface area contributed by atoms with Gasteiger partial charge in [0.05, 0.1) is 84.5 Å². The molecule has 18 heteroatoms. The smallest absolute Gasteiger partial charge is 0.333 e. The van der Waals surface area contributed by atoms with E-state index in [4.69, 9.17) is 4.74 Å². The van der Waals surface area contributed by atoms with Gasteiger partial charge in [-0.3, -0.25) is 18.0 Å². The molecule has 0 aromatic rings. The van der Waals surface area contributed by atoms with Crippen LogP contribution < -0.4 is 17.3 Å². The van der Waals surface area contributed by atoms with Crippen LogP contribution in [0.3, 0.4) is 0 Å². The SMILES string of the molecule is C=C(C)C(=O)CC1C[N+](C)(C2CCCCC2)C1.C=C(C)C(=O)CC1C[N+](C)(C2CCCCC2)C1.C=C(C)C(=O)OC1C[NH+](C2CCCCC2)C1.COS(=O)(=O)[O-].COS(=O)(=O)[O-].[Cl-]. The van der Waals surface area contributed by atoms with Crippen molar-refractivity contribution in [1.82, 2.24) is 0 Å². The highest BCUT2D eigenvalue weighted by Crippen LogP contribution is 2.37. The molecule has 3 heterocycles. The summed E-state index contributed by atoms with van der Waals surface area (Å²) in [7, 11) is -2.44. The molecule has 0 atom stereocenters. The van der Waals surface area contributed by atoms with Crippen molar-refractivity contribution in [3.05, 3.63) is 36.5 Å². The summed E-state index contributed by atoms with van der Waals surface area (Å²) >= 11 is 0. The molecule has 3 aliphatic carbocycles. The van der Waals surface area contributed by atoms with Crippen molar-refractivity contribution in [3.8, 4) is 0 Å². The number of hydrogen-bond donors (Lipinski definition) is 1. The third kappa shape index (κ3) is 21.9. The summed E-state index contributed by atoms with van der Waals surface area (Å²) in [5, 5.41) is 0. The second kappa shape index (κ2) is 27.5. The molecule has 6 rings (SSSR count). The molecule has 15 nitrogen and oxygen atoms in total. The van der Waals surface area contributed by atoms with Gasteiger partial charge in [0.15, 0.2) is 17.7 Å². The zero-order chi connectivity index (χ0) is 46.9. The van der Waals surface area contributed by atoms with E-state index in [0.717, 1.165) is 69.4 Å². The normalized spacial score (nSPS) is 28.4. The van der Waals surface area contributed by atoms with E-state index in [1.54, 1.807) is 11.8 Å². The third-order valence-electron chi connectivity index (χ3n) is 13.7. The molecule has 63 heavy (non-hydrogen) atoms. The second-order valence-electron chi connectivity index (χ2n) is 19.2. The van der Waals surface area contributed by atoms with Crippen LogP contribution in [0.5, 0.6) is 0 Å². The Balaban J connectivity index is 0.000000416. The minimum Gasteiger partial charge on any atom is -1.00 e. The Hall–Kier alpha value is -2.06. The average molecular weight is 955 g/mol.